The van der Waals surface area contributed by atoms with E-state index in [1.165, 1.54) is 11.1 Å². The molecule has 1 aromatic carbocycles. The quantitative estimate of drug-likeness (QED) is 0.921. The lowest BCUT2D eigenvalue weighted by molar-refractivity contribution is -0.119. The van der Waals surface area contributed by atoms with E-state index in [-0.39, 0.29) is 5.91 Å². The minimum atomic E-state index is 0.0682. The van der Waals surface area contributed by atoms with Gasteiger partial charge in [-0.25, -0.2) is 0 Å². The molecule has 4 nitrogen and oxygen atoms in total. The molecule has 4 heteroatoms. The van der Waals surface area contributed by atoms with Gasteiger partial charge >= 0.3 is 0 Å². The second-order valence-corrected chi connectivity index (χ2v) is 5.76. The number of piperidine rings is 1. The summed E-state index contributed by atoms with van der Waals surface area (Å²) in [6.07, 6.45) is 1.99. The molecule has 2 heterocycles. The van der Waals surface area contributed by atoms with E-state index in [0.717, 1.165) is 37.1 Å². The minimum Gasteiger partial charge on any atom is -0.371 e. The lowest BCUT2D eigenvalue weighted by atomic mass is 10.0. The van der Waals surface area contributed by atoms with Gasteiger partial charge in [0.05, 0.1) is 5.52 Å². The van der Waals surface area contributed by atoms with E-state index in [1.54, 1.807) is 6.92 Å². The number of nitrogens with zero attached hydrogens (tertiary/aromatic N) is 2. The lowest BCUT2D eigenvalue weighted by Gasteiger charge is -2.34. The molecule has 0 atom stereocenters. The van der Waals surface area contributed by atoms with Crippen LogP contribution in [-0.2, 0) is 4.79 Å². The number of hydrogen-bond acceptors (Lipinski definition) is 3. The van der Waals surface area contributed by atoms with Crippen LogP contribution in [0.1, 0.15) is 25.5 Å². The average molecular weight is 283 g/mol. The SMILES string of the molecule is CC(=O)NC1CCN(c2cc(C)nc3ccccc23)CC1. The van der Waals surface area contributed by atoms with Crippen LogP contribution >= 0.6 is 0 Å². The van der Waals surface area contributed by atoms with E-state index in [4.69, 9.17) is 0 Å². The summed E-state index contributed by atoms with van der Waals surface area (Å²) in [7, 11) is 0. The monoisotopic (exact) mass is 283 g/mol. The number of aromatic nitrogens is 1. The summed E-state index contributed by atoms with van der Waals surface area (Å²) >= 11 is 0. The largest absolute Gasteiger partial charge is 0.371 e. The summed E-state index contributed by atoms with van der Waals surface area (Å²) < 4.78 is 0. The Balaban J connectivity index is 1.84. The highest BCUT2D eigenvalue weighted by molar-refractivity contribution is 5.92. The van der Waals surface area contributed by atoms with E-state index in [0.29, 0.717) is 6.04 Å². The number of para-hydroxylation sites is 1. The van der Waals surface area contributed by atoms with Crippen molar-refractivity contribution in [1.82, 2.24) is 10.3 Å². The summed E-state index contributed by atoms with van der Waals surface area (Å²) in [5.41, 5.74) is 3.36. The second-order valence-electron chi connectivity index (χ2n) is 5.76. The van der Waals surface area contributed by atoms with Crippen molar-refractivity contribution in [3.8, 4) is 0 Å². The first kappa shape index (κ1) is 13.9. The molecule has 1 saturated heterocycles. The van der Waals surface area contributed by atoms with E-state index in [9.17, 15) is 4.79 Å². The Morgan fingerprint density at radius 2 is 2.00 bits per heavy atom. The second kappa shape index (κ2) is 5.72. The number of benzene rings is 1. The van der Waals surface area contributed by atoms with Crippen molar-refractivity contribution in [2.24, 2.45) is 0 Å². The fraction of sp³-hybridized carbons (Fsp3) is 0.412. The zero-order valence-electron chi connectivity index (χ0n) is 12.6. The number of carbonyl (C=O) groups excluding carboxylic acids is 1. The van der Waals surface area contributed by atoms with Gasteiger partial charge in [-0.15, -0.1) is 0 Å². The van der Waals surface area contributed by atoms with Crippen LogP contribution in [0.15, 0.2) is 30.3 Å². The predicted octanol–water partition coefficient (Wildman–Crippen LogP) is 2.65. The van der Waals surface area contributed by atoms with Crippen LogP contribution in [0, 0.1) is 6.92 Å². The Morgan fingerprint density at radius 1 is 1.29 bits per heavy atom. The number of aryl methyl sites for hydroxylation is 1. The Kier molecular flexibility index (Phi) is 3.78. The van der Waals surface area contributed by atoms with Crippen molar-refractivity contribution < 1.29 is 4.79 Å². The van der Waals surface area contributed by atoms with Crippen molar-refractivity contribution in [3.63, 3.8) is 0 Å². The molecule has 2 aromatic rings. The van der Waals surface area contributed by atoms with Crippen LogP contribution in [0.25, 0.3) is 10.9 Å². The maximum atomic E-state index is 11.1. The lowest BCUT2D eigenvalue weighted by Crippen LogP contribution is -2.44. The molecule has 0 aliphatic carbocycles. The number of pyridine rings is 1. The average Bonchev–Trinajstić information content (AvgIpc) is 2.46. The molecule has 1 amide bonds. The van der Waals surface area contributed by atoms with Crippen molar-refractivity contribution in [2.75, 3.05) is 18.0 Å². The Bertz CT molecular complexity index is 660. The molecule has 3 rings (SSSR count). The third-order valence-corrected chi connectivity index (χ3v) is 4.07. The smallest absolute Gasteiger partial charge is 0.217 e. The third kappa shape index (κ3) is 2.99. The predicted molar refractivity (Wildman–Crippen MR) is 85.5 cm³/mol. The van der Waals surface area contributed by atoms with Gasteiger partial charge in [-0.1, -0.05) is 18.2 Å². The molecule has 0 spiro atoms. The summed E-state index contributed by atoms with van der Waals surface area (Å²) in [6.45, 7) is 5.57. The van der Waals surface area contributed by atoms with Gasteiger partial charge in [0.1, 0.15) is 0 Å². The minimum absolute atomic E-state index is 0.0682. The van der Waals surface area contributed by atoms with Crippen LogP contribution in [0.2, 0.25) is 0 Å². The van der Waals surface area contributed by atoms with Gasteiger partial charge in [-0.3, -0.25) is 9.78 Å². The Morgan fingerprint density at radius 3 is 2.71 bits per heavy atom. The number of carbonyl (C=O) groups is 1. The zero-order chi connectivity index (χ0) is 14.8. The number of hydrogen-bond donors (Lipinski definition) is 1. The summed E-state index contributed by atoms with van der Waals surface area (Å²) in [4.78, 5) is 18.2. The molecule has 21 heavy (non-hydrogen) atoms. The molecule has 0 unspecified atom stereocenters. The van der Waals surface area contributed by atoms with Crippen LogP contribution in [-0.4, -0.2) is 30.0 Å². The fourth-order valence-electron chi connectivity index (χ4n) is 3.10. The number of anilines is 1. The number of amides is 1. The van der Waals surface area contributed by atoms with Gasteiger partial charge in [0, 0.05) is 42.8 Å². The summed E-state index contributed by atoms with van der Waals surface area (Å²) in [5, 5.41) is 4.23. The maximum Gasteiger partial charge on any atom is 0.217 e. The molecule has 0 radical (unpaired) electrons. The molecule has 1 aliphatic rings. The van der Waals surface area contributed by atoms with Gasteiger partial charge in [0.25, 0.3) is 0 Å². The maximum absolute atomic E-state index is 11.1. The molecule has 110 valence electrons. The van der Waals surface area contributed by atoms with E-state index < -0.39 is 0 Å². The van der Waals surface area contributed by atoms with Crippen LogP contribution in [0.3, 0.4) is 0 Å². The highest BCUT2D eigenvalue weighted by Gasteiger charge is 2.21. The van der Waals surface area contributed by atoms with Gasteiger partial charge in [-0.2, -0.15) is 0 Å². The molecule has 1 aliphatic heterocycles. The van der Waals surface area contributed by atoms with Crippen molar-refractivity contribution in [2.45, 2.75) is 32.7 Å². The first-order valence-corrected chi connectivity index (χ1v) is 7.52. The molecule has 1 aromatic heterocycles. The van der Waals surface area contributed by atoms with E-state index in [1.807, 2.05) is 13.0 Å². The zero-order valence-corrected chi connectivity index (χ0v) is 12.6. The van der Waals surface area contributed by atoms with Gasteiger partial charge in [0.2, 0.25) is 5.91 Å². The van der Waals surface area contributed by atoms with Crippen LogP contribution in [0.4, 0.5) is 5.69 Å². The highest BCUT2D eigenvalue weighted by Crippen LogP contribution is 2.28. The van der Waals surface area contributed by atoms with Crippen molar-refractivity contribution >= 4 is 22.5 Å². The number of rotatable bonds is 2. The number of fused-ring (bicyclic) bond motifs is 1. The van der Waals surface area contributed by atoms with E-state index in [2.05, 4.69) is 39.5 Å². The Labute approximate surface area is 125 Å². The summed E-state index contributed by atoms with van der Waals surface area (Å²) in [6, 6.07) is 10.8. The molecule has 1 fully saturated rings. The topological polar surface area (TPSA) is 45.2 Å². The normalized spacial score (nSPS) is 16.2. The molecule has 0 saturated carbocycles. The first-order chi connectivity index (χ1) is 10.1. The molecule has 0 bridgehead atoms. The molecular weight excluding hydrogens is 262 g/mol. The standard InChI is InChI=1S/C17H21N3O/c1-12-11-17(15-5-3-4-6-16(15)18-12)20-9-7-14(8-10-20)19-13(2)21/h3-6,11,14H,7-10H2,1-2H3,(H,19,21). The van der Waals surface area contributed by atoms with E-state index >= 15 is 0 Å². The molecular formula is C17H21N3O. The Hall–Kier alpha value is -2.10. The van der Waals surface area contributed by atoms with Gasteiger partial charge in [0.15, 0.2) is 0 Å². The van der Waals surface area contributed by atoms with Crippen molar-refractivity contribution in [3.05, 3.63) is 36.0 Å². The van der Waals surface area contributed by atoms with Crippen LogP contribution in [0.5, 0.6) is 0 Å². The van der Waals surface area contributed by atoms with Crippen molar-refractivity contribution in [1.29, 1.82) is 0 Å². The molecule has 1 N–H and O–H groups in total. The number of nitrogens with one attached hydrogen (secondary N) is 1. The van der Waals surface area contributed by atoms with Gasteiger partial charge in [-0.05, 0) is 31.9 Å². The highest BCUT2D eigenvalue weighted by atomic mass is 16.1. The third-order valence-electron chi connectivity index (χ3n) is 4.07. The van der Waals surface area contributed by atoms with Crippen LogP contribution < -0.4 is 10.2 Å². The fourth-order valence-corrected chi connectivity index (χ4v) is 3.10. The summed E-state index contributed by atoms with van der Waals surface area (Å²) in [5.74, 6) is 0.0682. The first-order valence-electron chi connectivity index (χ1n) is 7.52. The van der Waals surface area contributed by atoms with Gasteiger partial charge < -0.3 is 10.2 Å².